The minimum absolute atomic E-state index is 0.248. The van der Waals surface area contributed by atoms with Crippen LogP contribution >= 0.6 is 23.1 Å². The number of fused-ring (bicyclic) bond motifs is 1. The van der Waals surface area contributed by atoms with Gasteiger partial charge in [0, 0.05) is 11.3 Å². The first-order chi connectivity index (χ1) is 16.0. The van der Waals surface area contributed by atoms with Crippen molar-refractivity contribution in [2.45, 2.75) is 10.1 Å². The molecule has 10 nitrogen and oxygen atoms in total. The molecule has 0 bridgehead atoms. The van der Waals surface area contributed by atoms with Crippen LogP contribution < -0.4 is 25.1 Å². The maximum atomic E-state index is 12.7. The number of carbonyl (C=O) groups excluding carboxylic acids is 1. The molecule has 0 unspecified atom stereocenters. The second-order valence-corrected chi connectivity index (χ2v) is 8.76. The summed E-state index contributed by atoms with van der Waals surface area (Å²) in [6.07, 6.45) is 0. The number of hydrogen-bond acceptors (Lipinski definition) is 10. The molecule has 0 spiro atoms. The lowest BCUT2D eigenvalue weighted by Crippen LogP contribution is -2.14. The molecule has 0 atom stereocenters. The third-order valence-electron chi connectivity index (χ3n) is 4.56. The fourth-order valence-corrected chi connectivity index (χ4v) is 4.67. The Morgan fingerprint density at radius 3 is 2.52 bits per heavy atom. The van der Waals surface area contributed by atoms with Crippen LogP contribution in [0.25, 0.3) is 11.0 Å². The number of hydrogen-bond donors (Lipinski definition) is 2. The Labute approximate surface area is 196 Å². The fourth-order valence-electron chi connectivity index (χ4n) is 3.00. The van der Waals surface area contributed by atoms with E-state index in [0.717, 1.165) is 0 Å². The van der Waals surface area contributed by atoms with E-state index >= 15 is 0 Å². The van der Waals surface area contributed by atoms with E-state index < -0.39 is 5.91 Å². The van der Waals surface area contributed by atoms with Gasteiger partial charge in [0.15, 0.2) is 15.8 Å². The molecule has 4 aromatic rings. The predicted molar refractivity (Wildman–Crippen MR) is 126 cm³/mol. The summed E-state index contributed by atoms with van der Waals surface area (Å²) in [6, 6.07) is 10.4. The first-order valence-corrected chi connectivity index (χ1v) is 11.4. The molecule has 170 valence electrons. The van der Waals surface area contributed by atoms with Crippen LogP contribution in [0.5, 0.6) is 17.2 Å². The fraction of sp³-hybridized carbons (Fsp3) is 0.190. The Morgan fingerprint density at radius 1 is 1.09 bits per heavy atom. The van der Waals surface area contributed by atoms with E-state index in [2.05, 4.69) is 25.5 Å². The number of para-hydroxylation sites is 2. The number of amides is 1. The zero-order valence-corrected chi connectivity index (χ0v) is 19.5. The molecule has 0 aliphatic heterocycles. The van der Waals surface area contributed by atoms with Crippen molar-refractivity contribution in [1.29, 1.82) is 0 Å². The van der Waals surface area contributed by atoms with Crippen LogP contribution in [0.4, 0.5) is 5.13 Å². The Morgan fingerprint density at radius 2 is 1.82 bits per heavy atom. The van der Waals surface area contributed by atoms with Gasteiger partial charge in [0.2, 0.25) is 10.9 Å². The number of aromatic nitrogens is 4. The third-order valence-corrected chi connectivity index (χ3v) is 6.54. The van der Waals surface area contributed by atoms with Gasteiger partial charge in [-0.1, -0.05) is 35.2 Å². The molecule has 2 aromatic carbocycles. The molecule has 2 N–H and O–H groups in total. The van der Waals surface area contributed by atoms with Crippen molar-refractivity contribution in [3.8, 4) is 17.2 Å². The van der Waals surface area contributed by atoms with Crippen molar-refractivity contribution in [2.75, 3.05) is 26.6 Å². The highest BCUT2D eigenvalue weighted by molar-refractivity contribution is 8.00. The normalized spacial score (nSPS) is 10.8. The Kier molecular flexibility index (Phi) is 6.75. The summed E-state index contributed by atoms with van der Waals surface area (Å²) in [5.41, 5.74) is 1.84. The van der Waals surface area contributed by atoms with E-state index in [4.69, 9.17) is 14.2 Å². The molecule has 0 aliphatic carbocycles. The van der Waals surface area contributed by atoms with Crippen molar-refractivity contribution >= 4 is 45.2 Å². The number of carbonyl (C=O) groups is 1. The van der Waals surface area contributed by atoms with Gasteiger partial charge >= 0.3 is 0 Å². The lowest BCUT2D eigenvalue weighted by molar-refractivity contribution is 0.102. The minimum atomic E-state index is -0.408. The van der Waals surface area contributed by atoms with Crippen molar-refractivity contribution in [3.63, 3.8) is 0 Å². The molecule has 0 saturated carbocycles. The number of rotatable bonds is 8. The van der Waals surface area contributed by atoms with Gasteiger partial charge in [-0.3, -0.25) is 14.9 Å². The molecule has 2 aromatic heterocycles. The number of aromatic amines is 1. The summed E-state index contributed by atoms with van der Waals surface area (Å²) >= 11 is 2.51. The molecule has 1 amide bonds. The Hall–Kier alpha value is -3.64. The Bertz CT molecular complexity index is 1350. The molecule has 2 heterocycles. The topological polar surface area (TPSA) is 128 Å². The average Bonchev–Trinajstić information content (AvgIpc) is 3.28. The van der Waals surface area contributed by atoms with Gasteiger partial charge in [-0.25, -0.2) is 4.98 Å². The molecule has 0 saturated heterocycles. The number of anilines is 1. The molecule has 0 radical (unpaired) electrons. The number of thioether (sulfide) groups is 1. The molecule has 4 rings (SSSR count). The molecular weight excluding hydrogens is 466 g/mol. The van der Waals surface area contributed by atoms with E-state index in [1.165, 1.54) is 44.4 Å². The summed E-state index contributed by atoms with van der Waals surface area (Å²) in [6.45, 7) is 0. The van der Waals surface area contributed by atoms with E-state index in [0.29, 0.717) is 54.8 Å². The lowest BCUT2D eigenvalue weighted by atomic mass is 10.1. The van der Waals surface area contributed by atoms with Gasteiger partial charge in [0.1, 0.15) is 5.69 Å². The molecule has 33 heavy (non-hydrogen) atoms. The van der Waals surface area contributed by atoms with Crippen molar-refractivity contribution in [3.05, 3.63) is 58.0 Å². The number of methoxy groups -OCH3 is 3. The van der Waals surface area contributed by atoms with Gasteiger partial charge in [0.05, 0.1) is 32.4 Å². The summed E-state index contributed by atoms with van der Waals surface area (Å²) in [5, 5.41) is 11.1. The molecular formula is C21H19N5O5S2. The first kappa shape index (κ1) is 22.6. The average molecular weight is 486 g/mol. The van der Waals surface area contributed by atoms with E-state index in [1.54, 1.807) is 18.2 Å². The van der Waals surface area contributed by atoms with Crippen LogP contribution in [0.15, 0.2) is 45.5 Å². The van der Waals surface area contributed by atoms with Crippen LogP contribution in [0.3, 0.4) is 0 Å². The second kappa shape index (κ2) is 9.88. The smallest absolute Gasteiger partial charge is 0.271 e. The summed E-state index contributed by atoms with van der Waals surface area (Å²) < 4.78 is 16.4. The molecule has 0 fully saturated rings. The second-order valence-electron chi connectivity index (χ2n) is 6.56. The number of ether oxygens (including phenoxy) is 3. The van der Waals surface area contributed by atoms with E-state index in [-0.39, 0.29) is 5.56 Å². The van der Waals surface area contributed by atoms with Gasteiger partial charge in [0.25, 0.3) is 11.5 Å². The van der Waals surface area contributed by atoms with Crippen molar-refractivity contribution < 1.29 is 19.0 Å². The highest BCUT2D eigenvalue weighted by Gasteiger charge is 2.18. The van der Waals surface area contributed by atoms with Gasteiger partial charge in [-0.05, 0) is 24.3 Å². The highest BCUT2D eigenvalue weighted by atomic mass is 32.2. The standard InChI is InChI=1S/C21H19N5O5S2/c1-29-15-8-11(9-16(30-2)17(15)31-3)18(27)24-20-25-26-21(33-20)32-10-14-19(28)23-13-7-5-4-6-12(13)22-14/h4-9H,10H2,1-3H3,(H,23,28)(H,24,25,27). The van der Waals surface area contributed by atoms with Gasteiger partial charge in [-0.2, -0.15) is 0 Å². The first-order valence-electron chi connectivity index (χ1n) is 9.58. The van der Waals surface area contributed by atoms with Gasteiger partial charge in [-0.15, -0.1) is 10.2 Å². The summed E-state index contributed by atoms with van der Waals surface area (Å²) in [4.78, 5) is 32.2. The minimum Gasteiger partial charge on any atom is -0.493 e. The zero-order chi connectivity index (χ0) is 23.4. The van der Waals surface area contributed by atoms with Crippen LogP contribution in [0.2, 0.25) is 0 Å². The SMILES string of the molecule is COc1cc(C(=O)Nc2nnc(SCc3nc4ccccc4[nH]c3=O)s2)cc(OC)c1OC. The Balaban J connectivity index is 1.45. The third kappa shape index (κ3) is 4.91. The molecule has 12 heteroatoms. The monoisotopic (exact) mass is 485 g/mol. The maximum absolute atomic E-state index is 12.7. The number of nitrogens with one attached hydrogen (secondary N) is 2. The largest absolute Gasteiger partial charge is 0.493 e. The van der Waals surface area contributed by atoms with Crippen LogP contribution in [0.1, 0.15) is 16.1 Å². The number of benzene rings is 2. The van der Waals surface area contributed by atoms with Crippen LogP contribution in [-0.2, 0) is 5.75 Å². The molecule has 0 aliphatic rings. The number of nitrogens with zero attached hydrogens (tertiary/aromatic N) is 3. The van der Waals surface area contributed by atoms with E-state index in [1.807, 2.05) is 18.2 Å². The lowest BCUT2D eigenvalue weighted by Gasteiger charge is -2.13. The summed E-state index contributed by atoms with van der Waals surface area (Å²) in [5.74, 6) is 1.03. The number of H-pyrrole nitrogens is 1. The van der Waals surface area contributed by atoms with Crippen LogP contribution in [0, 0.1) is 0 Å². The van der Waals surface area contributed by atoms with Crippen molar-refractivity contribution in [2.24, 2.45) is 0 Å². The van der Waals surface area contributed by atoms with Crippen LogP contribution in [-0.4, -0.2) is 47.4 Å². The zero-order valence-electron chi connectivity index (χ0n) is 17.9. The highest BCUT2D eigenvalue weighted by Crippen LogP contribution is 2.38. The van der Waals surface area contributed by atoms with E-state index in [9.17, 15) is 9.59 Å². The summed E-state index contributed by atoms with van der Waals surface area (Å²) in [7, 11) is 4.44. The predicted octanol–water partition coefficient (Wildman–Crippen LogP) is 3.35. The van der Waals surface area contributed by atoms with Gasteiger partial charge < -0.3 is 19.2 Å². The quantitative estimate of drug-likeness (QED) is 0.285. The van der Waals surface area contributed by atoms with Crippen molar-refractivity contribution in [1.82, 2.24) is 20.2 Å². The maximum Gasteiger partial charge on any atom is 0.271 e.